The highest BCUT2D eigenvalue weighted by molar-refractivity contribution is 5.76. The summed E-state index contributed by atoms with van der Waals surface area (Å²) in [7, 11) is 0. The Kier molecular flexibility index (Phi) is 5.01. The summed E-state index contributed by atoms with van der Waals surface area (Å²) in [4.78, 5) is 14.0. The Morgan fingerprint density at radius 3 is 2.70 bits per heavy atom. The first-order valence-corrected chi connectivity index (χ1v) is 7.27. The zero-order valence-corrected chi connectivity index (χ0v) is 12.6. The van der Waals surface area contributed by atoms with E-state index in [0.717, 1.165) is 25.4 Å². The average molecular weight is 276 g/mol. The predicted molar refractivity (Wildman–Crippen MR) is 80.1 cm³/mol. The van der Waals surface area contributed by atoms with Crippen molar-refractivity contribution in [1.82, 2.24) is 10.2 Å². The minimum Gasteiger partial charge on any atom is -0.493 e. The van der Waals surface area contributed by atoms with E-state index in [-0.39, 0.29) is 5.91 Å². The molecule has 1 unspecified atom stereocenters. The molecular formula is C16H24N2O2. The molecule has 20 heavy (non-hydrogen) atoms. The molecule has 4 heteroatoms. The standard InChI is InChI=1S/C16H24N2O2/c1-12-8-13(2)10-15(9-12)20-7-4-16(19)18-6-5-17-14(3)11-18/h8-10,14,17H,4-7,11H2,1-3H3. The van der Waals surface area contributed by atoms with Crippen LogP contribution in [-0.4, -0.2) is 43.1 Å². The van der Waals surface area contributed by atoms with E-state index in [9.17, 15) is 4.79 Å². The van der Waals surface area contributed by atoms with Crippen LogP contribution >= 0.6 is 0 Å². The van der Waals surface area contributed by atoms with E-state index in [4.69, 9.17) is 4.74 Å². The van der Waals surface area contributed by atoms with Crippen LogP contribution in [0.3, 0.4) is 0 Å². The number of hydrogen-bond donors (Lipinski definition) is 1. The Morgan fingerprint density at radius 1 is 1.35 bits per heavy atom. The van der Waals surface area contributed by atoms with Gasteiger partial charge >= 0.3 is 0 Å². The molecule has 1 saturated heterocycles. The SMILES string of the molecule is Cc1cc(C)cc(OCCC(=O)N2CCNC(C)C2)c1. The number of benzene rings is 1. The molecule has 1 fully saturated rings. The van der Waals surface area contributed by atoms with E-state index in [0.29, 0.717) is 19.1 Å². The Morgan fingerprint density at radius 2 is 2.05 bits per heavy atom. The van der Waals surface area contributed by atoms with Gasteiger partial charge in [0.2, 0.25) is 5.91 Å². The number of piperazine rings is 1. The number of aryl methyl sites for hydroxylation is 2. The number of amides is 1. The molecule has 1 amide bonds. The van der Waals surface area contributed by atoms with Gasteiger partial charge < -0.3 is 15.0 Å². The van der Waals surface area contributed by atoms with Crippen LogP contribution in [-0.2, 0) is 4.79 Å². The molecule has 0 saturated carbocycles. The molecule has 1 aromatic carbocycles. The molecule has 1 atom stereocenters. The van der Waals surface area contributed by atoms with Gasteiger partial charge in [0.05, 0.1) is 13.0 Å². The zero-order chi connectivity index (χ0) is 14.5. The fourth-order valence-electron chi connectivity index (χ4n) is 2.59. The maximum atomic E-state index is 12.1. The highest BCUT2D eigenvalue weighted by Crippen LogP contribution is 2.16. The van der Waals surface area contributed by atoms with Gasteiger partial charge in [0.25, 0.3) is 0 Å². The molecule has 1 aliphatic rings. The average Bonchev–Trinajstić information content (AvgIpc) is 2.37. The third kappa shape index (κ3) is 4.23. The second-order valence-corrected chi connectivity index (χ2v) is 5.62. The van der Waals surface area contributed by atoms with Gasteiger partial charge in [-0.05, 0) is 44.0 Å². The lowest BCUT2D eigenvalue weighted by molar-refractivity contribution is -0.132. The summed E-state index contributed by atoms with van der Waals surface area (Å²) >= 11 is 0. The molecule has 1 N–H and O–H groups in total. The maximum absolute atomic E-state index is 12.1. The molecule has 2 rings (SSSR count). The lowest BCUT2D eigenvalue weighted by atomic mass is 10.1. The normalized spacial score (nSPS) is 18.9. The van der Waals surface area contributed by atoms with E-state index < -0.39 is 0 Å². The Balaban J connectivity index is 1.78. The molecule has 4 nitrogen and oxygen atoms in total. The van der Waals surface area contributed by atoms with Crippen molar-refractivity contribution in [2.75, 3.05) is 26.2 Å². The van der Waals surface area contributed by atoms with Crippen LogP contribution in [0.4, 0.5) is 0 Å². The summed E-state index contributed by atoms with van der Waals surface area (Å²) in [6, 6.07) is 6.50. The minimum absolute atomic E-state index is 0.183. The minimum atomic E-state index is 0.183. The molecule has 1 aromatic rings. The maximum Gasteiger partial charge on any atom is 0.226 e. The van der Waals surface area contributed by atoms with Crippen molar-refractivity contribution >= 4 is 5.91 Å². The van der Waals surface area contributed by atoms with Crippen LogP contribution in [0.15, 0.2) is 18.2 Å². The number of hydrogen-bond acceptors (Lipinski definition) is 3. The van der Waals surface area contributed by atoms with Gasteiger partial charge in [0.1, 0.15) is 5.75 Å². The molecular weight excluding hydrogens is 252 g/mol. The molecule has 0 bridgehead atoms. The lowest BCUT2D eigenvalue weighted by Crippen LogP contribution is -2.51. The summed E-state index contributed by atoms with van der Waals surface area (Å²) < 4.78 is 5.69. The van der Waals surface area contributed by atoms with E-state index in [1.165, 1.54) is 11.1 Å². The first kappa shape index (κ1) is 14.9. The molecule has 0 aromatic heterocycles. The van der Waals surface area contributed by atoms with E-state index in [1.807, 2.05) is 30.9 Å². The Bertz CT molecular complexity index is 453. The molecule has 110 valence electrons. The van der Waals surface area contributed by atoms with E-state index in [1.54, 1.807) is 0 Å². The van der Waals surface area contributed by atoms with Gasteiger partial charge in [0, 0.05) is 25.7 Å². The second-order valence-electron chi connectivity index (χ2n) is 5.62. The van der Waals surface area contributed by atoms with E-state index >= 15 is 0 Å². The lowest BCUT2D eigenvalue weighted by Gasteiger charge is -2.31. The van der Waals surface area contributed by atoms with Crippen molar-refractivity contribution in [2.45, 2.75) is 33.2 Å². The number of carbonyl (C=O) groups excluding carboxylic acids is 1. The highest BCUT2D eigenvalue weighted by atomic mass is 16.5. The molecule has 0 aliphatic carbocycles. The molecule has 0 radical (unpaired) electrons. The second kappa shape index (κ2) is 6.75. The van der Waals surface area contributed by atoms with Crippen molar-refractivity contribution in [2.24, 2.45) is 0 Å². The summed E-state index contributed by atoms with van der Waals surface area (Å²) in [5.74, 6) is 1.03. The Labute approximate surface area is 121 Å². The topological polar surface area (TPSA) is 41.6 Å². The first-order valence-electron chi connectivity index (χ1n) is 7.27. The number of nitrogens with one attached hydrogen (secondary N) is 1. The van der Waals surface area contributed by atoms with Crippen molar-refractivity contribution in [3.63, 3.8) is 0 Å². The van der Waals surface area contributed by atoms with E-state index in [2.05, 4.69) is 18.3 Å². The van der Waals surface area contributed by atoms with Crippen molar-refractivity contribution in [1.29, 1.82) is 0 Å². The third-order valence-electron chi connectivity index (χ3n) is 3.50. The van der Waals surface area contributed by atoms with Gasteiger partial charge in [-0.2, -0.15) is 0 Å². The van der Waals surface area contributed by atoms with Gasteiger partial charge in [0.15, 0.2) is 0 Å². The van der Waals surface area contributed by atoms with Crippen molar-refractivity contribution in [3.8, 4) is 5.75 Å². The van der Waals surface area contributed by atoms with Crippen LogP contribution in [0.5, 0.6) is 5.75 Å². The predicted octanol–water partition coefficient (Wildman–Crippen LogP) is 1.89. The van der Waals surface area contributed by atoms with Gasteiger partial charge in [-0.25, -0.2) is 0 Å². The van der Waals surface area contributed by atoms with Gasteiger partial charge in [-0.15, -0.1) is 0 Å². The Hall–Kier alpha value is -1.55. The largest absolute Gasteiger partial charge is 0.493 e. The fraction of sp³-hybridized carbons (Fsp3) is 0.562. The summed E-state index contributed by atoms with van der Waals surface area (Å²) in [5.41, 5.74) is 2.37. The third-order valence-corrected chi connectivity index (χ3v) is 3.50. The van der Waals surface area contributed by atoms with Crippen LogP contribution < -0.4 is 10.1 Å². The van der Waals surface area contributed by atoms with Crippen LogP contribution in [0, 0.1) is 13.8 Å². The zero-order valence-electron chi connectivity index (χ0n) is 12.6. The number of carbonyl (C=O) groups is 1. The molecule has 1 aliphatic heterocycles. The van der Waals surface area contributed by atoms with Crippen LogP contribution in [0.25, 0.3) is 0 Å². The summed E-state index contributed by atoms with van der Waals surface area (Å²) in [6.45, 7) is 9.12. The quantitative estimate of drug-likeness (QED) is 0.913. The molecule has 1 heterocycles. The van der Waals surface area contributed by atoms with Crippen LogP contribution in [0.2, 0.25) is 0 Å². The summed E-state index contributed by atoms with van der Waals surface area (Å²) in [6.07, 6.45) is 0.444. The smallest absolute Gasteiger partial charge is 0.226 e. The monoisotopic (exact) mass is 276 g/mol. The first-order chi connectivity index (χ1) is 9.54. The molecule has 0 spiro atoms. The number of nitrogens with zero attached hydrogens (tertiary/aromatic N) is 1. The van der Waals surface area contributed by atoms with Crippen molar-refractivity contribution in [3.05, 3.63) is 29.3 Å². The van der Waals surface area contributed by atoms with Gasteiger partial charge in [-0.3, -0.25) is 4.79 Å². The van der Waals surface area contributed by atoms with Gasteiger partial charge in [-0.1, -0.05) is 6.07 Å². The number of ether oxygens (including phenoxy) is 1. The van der Waals surface area contributed by atoms with Crippen molar-refractivity contribution < 1.29 is 9.53 Å². The fourth-order valence-corrected chi connectivity index (χ4v) is 2.59. The summed E-state index contributed by atoms with van der Waals surface area (Å²) in [5, 5.41) is 3.34. The number of rotatable bonds is 4. The highest BCUT2D eigenvalue weighted by Gasteiger charge is 2.19. The van der Waals surface area contributed by atoms with Crippen LogP contribution in [0.1, 0.15) is 24.5 Å².